The highest BCUT2D eigenvalue weighted by Gasteiger charge is 2.16. The van der Waals surface area contributed by atoms with E-state index in [0.29, 0.717) is 10.6 Å². The summed E-state index contributed by atoms with van der Waals surface area (Å²) in [5.41, 5.74) is 5.40. The van der Waals surface area contributed by atoms with Crippen LogP contribution in [0, 0.1) is 0 Å². The van der Waals surface area contributed by atoms with Crippen LogP contribution in [-0.2, 0) is 4.74 Å². The van der Waals surface area contributed by atoms with Gasteiger partial charge in [-0.2, -0.15) is 0 Å². The van der Waals surface area contributed by atoms with Gasteiger partial charge in [-0.1, -0.05) is 5.10 Å². The Kier molecular flexibility index (Phi) is 4.31. The van der Waals surface area contributed by atoms with Gasteiger partial charge in [0.25, 0.3) is 5.22 Å². The molecule has 0 fully saturated rings. The number of pyridine rings is 1. The predicted octanol–water partition coefficient (Wildman–Crippen LogP) is 0.891. The number of hydrogen-bond acceptors (Lipinski definition) is 8. The fourth-order valence-electron chi connectivity index (χ4n) is 1.20. The lowest BCUT2D eigenvalue weighted by atomic mass is 10.3. The first kappa shape index (κ1) is 14.0. The van der Waals surface area contributed by atoms with Crippen molar-refractivity contribution in [2.75, 3.05) is 6.61 Å². The Bertz CT molecular complexity index is 626. The number of rotatable bonds is 5. The highest BCUT2D eigenvalue weighted by atomic mass is 32.2. The van der Waals surface area contributed by atoms with Crippen molar-refractivity contribution in [3.63, 3.8) is 0 Å². The molecule has 2 N–H and O–H groups in total. The summed E-state index contributed by atoms with van der Waals surface area (Å²) in [7, 11) is 0. The van der Waals surface area contributed by atoms with Gasteiger partial charge in [-0.15, -0.1) is 5.10 Å². The van der Waals surface area contributed by atoms with Gasteiger partial charge in [-0.05, 0) is 30.8 Å². The van der Waals surface area contributed by atoms with Gasteiger partial charge in [0.1, 0.15) is 5.03 Å². The Morgan fingerprint density at radius 3 is 2.80 bits per heavy atom. The summed E-state index contributed by atoms with van der Waals surface area (Å²) in [5, 5.41) is 7.92. The second kappa shape index (κ2) is 6.15. The van der Waals surface area contributed by atoms with Crippen molar-refractivity contribution in [1.29, 1.82) is 0 Å². The summed E-state index contributed by atoms with van der Waals surface area (Å²) in [6.45, 7) is 1.90. The highest BCUT2D eigenvalue weighted by molar-refractivity contribution is 7.99. The highest BCUT2D eigenvalue weighted by Crippen LogP contribution is 2.24. The van der Waals surface area contributed by atoms with Crippen LogP contribution in [-0.4, -0.2) is 33.7 Å². The van der Waals surface area contributed by atoms with Gasteiger partial charge >= 0.3 is 11.9 Å². The number of nitrogens with two attached hydrogens (primary N) is 1. The lowest BCUT2D eigenvalue weighted by Gasteiger charge is -1.97. The van der Waals surface area contributed by atoms with E-state index in [0.717, 1.165) is 11.8 Å². The smallest absolute Gasteiger partial charge is 0.396 e. The summed E-state index contributed by atoms with van der Waals surface area (Å²) in [6, 6.07) is 3.11. The Hall–Kier alpha value is -2.42. The molecule has 0 aliphatic heterocycles. The Labute approximate surface area is 117 Å². The number of ether oxygens (including phenoxy) is 1. The van der Waals surface area contributed by atoms with Crippen LogP contribution in [0.1, 0.15) is 28.0 Å². The average molecular weight is 294 g/mol. The van der Waals surface area contributed by atoms with Gasteiger partial charge in [-0.25, -0.2) is 9.78 Å². The SMILES string of the molecule is CCOC(=O)c1nnc(Sc2ccc(C(N)=O)cn2)o1. The van der Waals surface area contributed by atoms with Crippen LogP contribution in [0.2, 0.25) is 0 Å². The van der Waals surface area contributed by atoms with E-state index < -0.39 is 11.9 Å². The maximum Gasteiger partial charge on any atom is 0.396 e. The number of carbonyl (C=O) groups is 2. The number of esters is 1. The minimum Gasteiger partial charge on any atom is -0.459 e. The fourth-order valence-corrected chi connectivity index (χ4v) is 1.82. The predicted molar refractivity (Wildman–Crippen MR) is 67.1 cm³/mol. The van der Waals surface area contributed by atoms with Crippen LogP contribution in [0.5, 0.6) is 0 Å². The summed E-state index contributed by atoms with van der Waals surface area (Å²) in [5.74, 6) is -1.46. The topological polar surface area (TPSA) is 121 Å². The molecule has 2 heterocycles. The van der Waals surface area contributed by atoms with Gasteiger partial charge in [0.2, 0.25) is 5.91 Å². The fraction of sp³-hybridized carbons (Fsp3) is 0.182. The second-order valence-electron chi connectivity index (χ2n) is 3.45. The molecule has 0 unspecified atom stereocenters. The van der Waals surface area contributed by atoms with Crippen LogP contribution in [0.4, 0.5) is 0 Å². The van der Waals surface area contributed by atoms with Crippen molar-refractivity contribution in [2.24, 2.45) is 5.73 Å². The molecule has 0 saturated heterocycles. The van der Waals surface area contributed by atoms with Crippen LogP contribution in [0.15, 0.2) is 33.0 Å². The molecule has 104 valence electrons. The molecule has 0 saturated carbocycles. The third-order valence-corrected chi connectivity index (χ3v) is 2.86. The third kappa shape index (κ3) is 3.32. The summed E-state index contributed by atoms with van der Waals surface area (Å²) >= 11 is 1.05. The van der Waals surface area contributed by atoms with E-state index in [1.807, 2.05) is 0 Å². The molecule has 1 amide bonds. The second-order valence-corrected chi connectivity index (χ2v) is 4.42. The van der Waals surface area contributed by atoms with Crippen LogP contribution in [0.3, 0.4) is 0 Å². The molecule has 2 rings (SSSR count). The zero-order valence-electron chi connectivity index (χ0n) is 10.4. The third-order valence-electron chi connectivity index (χ3n) is 2.07. The molecule has 8 nitrogen and oxygen atoms in total. The van der Waals surface area contributed by atoms with Gasteiger partial charge < -0.3 is 14.9 Å². The largest absolute Gasteiger partial charge is 0.459 e. The number of nitrogens with zero attached hydrogens (tertiary/aromatic N) is 3. The maximum absolute atomic E-state index is 11.3. The number of primary amides is 1. The van der Waals surface area contributed by atoms with Crippen molar-refractivity contribution in [2.45, 2.75) is 17.2 Å². The molecular formula is C11H10N4O4S. The van der Waals surface area contributed by atoms with Crippen LogP contribution < -0.4 is 5.73 Å². The molecule has 2 aromatic rings. The van der Waals surface area contributed by atoms with Crippen molar-refractivity contribution < 1.29 is 18.7 Å². The van der Waals surface area contributed by atoms with Gasteiger partial charge in [0, 0.05) is 6.20 Å². The zero-order chi connectivity index (χ0) is 14.5. The Balaban J connectivity index is 2.06. The average Bonchev–Trinajstić information content (AvgIpc) is 2.88. The quantitative estimate of drug-likeness (QED) is 0.807. The molecule has 0 spiro atoms. The maximum atomic E-state index is 11.3. The molecule has 2 aromatic heterocycles. The van der Waals surface area contributed by atoms with Crippen LogP contribution >= 0.6 is 11.8 Å². The molecule has 9 heteroatoms. The number of carbonyl (C=O) groups excluding carboxylic acids is 2. The molecule has 0 aromatic carbocycles. The van der Waals surface area contributed by atoms with E-state index in [2.05, 4.69) is 15.2 Å². The normalized spacial score (nSPS) is 10.2. The molecule has 0 atom stereocenters. The van der Waals surface area contributed by atoms with Crippen molar-refractivity contribution in [1.82, 2.24) is 15.2 Å². The van der Waals surface area contributed by atoms with E-state index in [1.165, 1.54) is 12.3 Å². The summed E-state index contributed by atoms with van der Waals surface area (Å²) in [4.78, 5) is 26.2. The van der Waals surface area contributed by atoms with Crippen molar-refractivity contribution >= 4 is 23.6 Å². The van der Waals surface area contributed by atoms with Crippen molar-refractivity contribution in [3.05, 3.63) is 29.8 Å². The summed E-state index contributed by atoms with van der Waals surface area (Å²) < 4.78 is 9.84. The number of aromatic nitrogens is 3. The minimum absolute atomic E-state index is 0.146. The monoisotopic (exact) mass is 294 g/mol. The molecule has 0 bridgehead atoms. The molecule has 0 aliphatic carbocycles. The molecule has 0 radical (unpaired) electrons. The minimum atomic E-state index is -0.677. The standard InChI is InChI=1S/C11H10N4O4S/c1-2-18-10(17)9-14-15-11(19-9)20-7-4-3-6(5-13-7)8(12)16/h3-5H,2H2,1H3,(H2,12,16). The molecule has 0 aliphatic rings. The van der Waals surface area contributed by atoms with E-state index in [-0.39, 0.29) is 17.7 Å². The van der Waals surface area contributed by atoms with Gasteiger partial charge in [0.05, 0.1) is 12.2 Å². The first-order valence-electron chi connectivity index (χ1n) is 5.54. The molecule has 20 heavy (non-hydrogen) atoms. The van der Waals surface area contributed by atoms with Gasteiger partial charge in [-0.3, -0.25) is 4.79 Å². The number of hydrogen-bond donors (Lipinski definition) is 1. The lowest BCUT2D eigenvalue weighted by molar-refractivity contribution is 0.0475. The van der Waals surface area contributed by atoms with Crippen molar-refractivity contribution in [3.8, 4) is 0 Å². The van der Waals surface area contributed by atoms with E-state index in [4.69, 9.17) is 14.9 Å². The van der Waals surface area contributed by atoms with Crippen LogP contribution in [0.25, 0.3) is 0 Å². The van der Waals surface area contributed by atoms with E-state index in [9.17, 15) is 9.59 Å². The molecular weight excluding hydrogens is 284 g/mol. The first-order valence-corrected chi connectivity index (χ1v) is 6.36. The first-order chi connectivity index (χ1) is 9.60. The van der Waals surface area contributed by atoms with Gasteiger partial charge in [0.15, 0.2) is 0 Å². The number of amides is 1. The zero-order valence-corrected chi connectivity index (χ0v) is 11.2. The Morgan fingerprint density at radius 1 is 1.40 bits per heavy atom. The summed E-state index contributed by atoms with van der Waals surface area (Å²) in [6.07, 6.45) is 1.34. The Morgan fingerprint density at radius 2 is 2.20 bits per heavy atom. The van der Waals surface area contributed by atoms with E-state index in [1.54, 1.807) is 13.0 Å². The lowest BCUT2D eigenvalue weighted by Crippen LogP contribution is -2.10. The van der Waals surface area contributed by atoms with E-state index >= 15 is 0 Å².